The Morgan fingerprint density at radius 1 is 1.30 bits per heavy atom. The van der Waals surface area contributed by atoms with E-state index in [1.807, 2.05) is 38.4 Å². The molecule has 6 nitrogen and oxygen atoms in total. The van der Waals surface area contributed by atoms with Gasteiger partial charge in [0.2, 0.25) is 0 Å². The van der Waals surface area contributed by atoms with Crippen LogP contribution in [0.15, 0.2) is 30.6 Å². The number of aromatic amines is 1. The van der Waals surface area contributed by atoms with Crippen LogP contribution in [0.25, 0.3) is 0 Å². The fraction of sp³-hybridized carbons (Fsp3) is 0.357. The van der Waals surface area contributed by atoms with E-state index in [1.54, 1.807) is 0 Å². The minimum atomic E-state index is -0.0686. The number of hydrogen-bond donors (Lipinski definition) is 2. The highest BCUT2D eigenvalue weighted by Gasteiger charge is 2.05. The molecule has 1 heterocycles. The van der Waals surface area contributed by atoms with Crippen LogP contribution in [0.3, 0.4) is 0 Å². The van der Waals surface area contributed by atoms with Crippen molar-refractivity contribution < 1.29 is 4.79 Å². The van der Waals surface area contributed by atoms with Crippen LogP contribution >= 0.6 is 0 Å². The van der Waals surface area contributed by atoms with E-state index in [0.29, 0.717) is 18.5 Å². The molecule has 0 radical (unpaired) electrons. The van der Waals surface area contributed by atoms with Crippen LogP contribution in [-0.4, -0.2) is 46.6 Å². The second-order valence-corrected chi connectivity index (χ2v) is 4.87. The highest BCUT2D eigenvalue weighted by molar-refractivity contribution is 5.94. The van der Waals surface area contributed by atoms with E-state index < -0.39 is 0 Å². The number of H-pyrrole nitrogens is 1. The first-order valence-corrected chi connectivity index (χ1v) is 6.51. The summed E-state index contributed by atoms with van der Waals surface area (Å²) in [6, 6.07) is 7.65. The third kappa shape index (κ3) is 4.17. The van der Waals surface area contributed by atoms with Crippen molar-refractivity contribution in [2.75, 3.05) is 20.6 Å². The van der Waals surface area contributed by atoms with E-state index in [-0.39, 0.29) is 5.91 Å². The average Bonchev–Trinajstić information content (AvgIpc) is 2.92. The van der Waals surface area contributed by atoms with E-state index in [2.05, 4.69) is 25.4 Å². The Bertz CT molecular complexity index is 533. The molecule has 1 amide bonds. The minimum absolute atomic E-state index is 0.0686. The molecule has 106 valence electrons. The van der Waals surface area contributed by atoms with Crippen molar-refractivity contribution in [2.45, 2.75) is 13.0 Å². The summed E-state index contributed by atoms with van der Waals surface area (Å²) < 4.78 is 0. The van der Waals surface area contributed by atoms with E-state index in [0.717, 1.165) is 12.4 Å². The summed E-state index contributed by atoms with van der Waals surface area (Å²) >= 11 is 0. The summed E-state index contributed by atoms with van der Waals surface area (Å²) in [5, 5.41) is 9.38. The molecule has 0 spiro atoms. The molecule has 20 heavy (non-hydrogen) atoms. The topological polar surface area (TPSA) is 73.9 Å². The van der Waals surface area contributed by atoms with Crippen LogP contribution in [0.2, 0.25) is 0 Å². The highest BCUT2D eigenvalue weighted by atomic mass is 16.1. The lowest BCUT2D eigenvalue weighted by Crippen LogP contribution is -2.26. The monoisotopic (exact) mass is 273 g/mol. The molecule has 0 saturated carbocycles. The predicted octanol–water partition coefficient (Wildman–Crippen LogP) is 0.839. The van der Waals surface area contributed by atoms with Crippen molar-refractivity contribution in [1.82, 2.24) is 25.4 Å². The SMILES string of the molecule is CN(C)Cc1ccc(C(=O)NCCc2ncn[nH]2)cc1. The van der Waals surface area contributed by atoms with E-state index in [4.69, 9.17) is 0 Å². The third-order valence-corrected chi connectivity index (χ3v) is 2.83. The maximum absolute atomic E-state index is 11.9. The van der Waals surface area contributed by atoms with Crippen LogP contribution < -0.4 is 5.32 Å². The van der Waals surface area contributed by atoms with Gasteiger partial charge in [-0.05, 0) is 31.8 Å². The minimum Gasteiger partial charge on any atom is -0.352 e. The first-order valence-electron chi connectivity index (χ1n) is 6.51. The van der Waals surface area contributed by atoms with Gasteiger partial charge in [-0.3, -0.25) is 9.89 Å². The Kier molecular flexibility index (Phi) is 4.84. The van der Waals surface area contributed by atoms with Crippen molar-refractivity contribution in [3.8, 4) is 0 Å². The molecule has 0 aliphatic carbocycles. The average molecular weight is 273 g/mol. The Labute approximate surface area is 118 Å². The van der Waals surface area contributed by atoms with Gasteiger partial charge in [0.25, 0.3) is 5.91 Å². The summed E-state index contributed by atoms with van der Waals surface area (Å²) in [6.45, 7) is 1.40. The Balaban J connectivity index is 1.82. The lowest BCUT2D eigenvalue weighted by atomic mass is 10.1. The highest BCUT2D eigenvalue weighted by Crippen LogP contribution is 2.06. The molecule has 1 aromatic carbocycles. The van der Waals surface area contributed by atoms with Gasteiger partial charge in [-0.25, -0.2) is 4.98 Å². The first kappa shape index (κ1) is 14.2. The second-order valence-electron chi connectivity index (χ2n) is 4.87. The molecule has 0 atom stereocenters. The third-order valence-electron chi connectivity index (χ3n) is 2.83. The molecule has 6 heteroatoms. The van der Waals surface area contributed by atoms with Gasteiger partial charge in [0.05, 0.1) is 0 Å². The normalized spacial score (nSPS) is 10.8. The Morgan fingerprint density at radius 3 is 2.65 bits per heavy atom. The summed E-state index contributed by atoms with van der Waals surface area (Å²) in [6.07, 6.45) is 2.10. The Morgan fingerprint density at radius 2 is 2.05 bits per heavy atom. The predicted molar refractivity (Wildman–Crippen MR) is 76.3 cm³/mol. The van der Waals surface area contributed by atoms with Crippen molar-refractivity contribution in [2.24, 2.45) is 0 Å². The second kappa shape index (κ2) is 6.81. The molecular weight excluding hydrogens is 254 g/mol. The first-order chi connectivity index (χ1) is 9.65. The molecule has 2 aromatic rings. The van der Waals surface area contributed by atoms with Crippen LogP contribution in [0.4, 0.5) is 0 Å². The summed E-state index contributed by atoms with van der Waals surface area (Å²) in [5.74, 6) is 0.701. The van der Waals surface area contributed by atoms with E-state index in [9.17, 15) is 4.79 Å². The molecule has 1 aromatic heterocycles. The van der Waals surface area contributed by atoms with Gasteiger partial charge in [0.15, 0.2) is 0 Å². The number of carbonyl (C=O) groups excluding carboxylic acids is 1. The molecule has 0 bridgehead atoms. The van der Waals surface area contributed by atoms with Gasteiger partial charge in [-0.15, -0.1) is 0 Å². The van der Waals surface area contributed by atoms with Crippen molar-refractivity contribution in [3.63, 3.8) is 0 Å². The Hall–Kier alpha value is -2.21. The maximum Gasteiger partial charge on any atom is 0.251 e. The van der Waals surface area contributed by atoms with Gasteiger partial charge >= 0.3 is 0 Å². The number of benzene rings is 1. The van der Waals surface area contributed by atoms with E-state index in [1.165, 1.54) is 11.9 Å². The number of rotatable bonds is 6. The van der Waals surface area contributed by atoms with Crippen LogP contribution in [0.5, 0.6) is 0 Å². The van der Waals surface area contributed by atoms with Crippen molar-refractivity contribution >= 4 is 5.91 Å². The summed E-state index contributed by atoms with van der Waals surface area (Å²) in [4.78, 5) is 18.0. The van der Waals surface area contributed by atoms with Crippen molar-refractivity contribution in [1.29, 1.82) is 0 Å². The van der Waals surface area contributed by atoms with Crippen LogP contribution in [0.1, 0.15) is 21.7 Å². The lowest BCUT2D eigenvalue weighted by Gasteiger charge is -2.10. The van der Waals surface area contributed by atoms with E-state index >= 15 is 0 Å². The standard InChI is InChI=1S/C14H19N5O/c1-19(2)9-11-3-5-12(6-4-11)14(20)15-8-7-13-16-10-17-18-13/h3-6,10H,7-9H2,1-2H3,(H,15,20)(H,16,17,18). The lowest BCUT2D eigenvalue weighted by molar-refractivity contribution is 0.0954. The fourth-order valence-electron chi connectivity index (χ4n) is 1.87. The van der Waals surface area contributed by atoms with Gasteiger partial charge in [-0.2, -0.15) is 5.10 Å². The largest absolute Gasteiger partial charge is 0.352 e. The number of carbonyl (C=O) groups is 1. The number of aromatic nitrogens is 3. The number of amides is 1. The van der Waals surface area contributed by atoms with Crippen LogP contribution in [0, 0.1) is 0 Å². The molecular formula is C14H19N5O. The quantitative estimate of drug-likeness (QED) is 0.818. The van der Waals surface area contributed by atoms with Gasteiger partial charge < -0.3 is 10.2 Å². The number of hydrogen-bond acceptors (Lipinski definition) is 4. The molecule has 0 aliphatic rings. The smallest absolute Gasteiger partial charge is 0.251 e. The maximum atomic E-state index is 11.9. The van der Waals surface area contributed by atoms with Gasteiger partial charge in [0, 0.05) is 25.1 Å². The molecule has 0 fully saturated rings. The van der Waals surface area contributed by atoms with Crippen LogP contribution in [-0.2, 0) is 13.0 Å². The number of nitrogens with zero attached hydrogens (tertiary/aromatic N) is 3. The number of nitrogens with one attached hydrogen (secondary N) is 2. The molecule has 0 saturated heterocycles. The molecule has 0 aliphatic heterocycles. The molecule has 2 rings (SSSR count). The fourth-order valence-corrected chi connectivity index (χ4v) is 1.87. The van der Waals surface area contributed by atoms with Gasteiger partial charge in [-0.1, -0.05) is 12.1 Å². The summed E-state index contributed by atoms with van der Waals surface area (Å²) in [5.41, 5.74) is 1.86. The zero-order valence-electron chi connectivity index (χ0n) is 11.8. The molecule has 2 N–H and O–H groups in total. The van der Waals surface area contributed by atoms with Gasteiger partial charge in [0.1, 0.15) is 12.2 Å². The molecule has 0 unspecified atom stereocenters. The van der Waals surface area contributed by atoms with Crippen molar-refractivity contribution in [3.05, 3.63) is 47.5 Å². The zero-order valence-corrected chi connectivity index (χ0v) is 11.8. The zero-order chi connectivity index (χ0) is 14.4. The summed E-state index contributed by atoms with van der Waals surface area (Å²) in [7, 11) is 4.04.